The van der Waals surface area contributed by atoms with Crippen LogP contribution in [0.1, 0.15) is 0 Å². The molecule has 4 N–H and O–H groups in total. The summed E-state index contributed by atoms with van der Waals surface area (Å²) in [6.45, 7) is -0.702. The Bertz CT molecular complexity index is 1150. The van der Waals surface area contributed by atoms with Crippen molar-refractivity contribution in [3.05, 3.63) is 29.5 Å². The van der Waals surface area contributed by atoms with Gasteiger partial charge >= 0.3 is 0 Å². The minimum atomic E-state index is -3.53. The van der Waals surface area contributed by atoms with Crippen LogP contribution in [-0.2, 0) is 14.8 Å². The Morgan fingerprint density at radius 3 is 2.79 bits per heavy atom. The summed E-state index contributed by atoms with van der Waals surface area (Å²) in [5.41, 5.74) is 1.65. The largest absolute Gasteiger partial charge is 0.393 e. The van der Waals surface area contributed by atoms with Gasteiger partial charge in [-0.1, -0.05) is 22.9 Å². The Morgan fingerprint density at radius 2 is 2.11 bits per heavy atom. The first-order valence-electron chi connectivity index (χ1n) is 7.67. The second-order valence-corrected chi connectivity index (χ2v) is 8.75. The molecule has 0 spiro atoms. The molecule has 10 nitrogen and oxygen atoms in total. The molecule has 1 atom stereocenters. The summed E-state index contributed by atoms with van der Waals surface area (Å²) >= 11 is 7.00. The van der Waals surface area contributed by atoms with Gasteiger partial charge in [0.2, 0.25) is 10.0 Å². The molecule has 0 radical (unpaired) electrons. The van der Waals surface area contributed by atoms with Crippen molar-refractivity contribution in [3.8, 4) is 11.3 Å². The summed E-state index contributed by atoms with van der Waals surface area (Å²) in [4.78, 5) is 24.7. The number of halogens is 1. The highest BCUT2D eigenvalue weighted by atomic mass is 35.5. The lowest BCUT2D eigenvalue weighted by atomic mass is 10.2. The smallest absolute Gasteiger partial charge is 0.257 e. The monoisotopic (exact) mass is 443 g/mol. The third-order valence-corrected chi connectivity index (χ3v) is 5.16. The van der Waals surface area contributed by atoms with E-state index in [-0.39, 0.29) is 16.0 Å². The van der Waals surface area contributed by atoms with Gasteiger partial charge in [0.25, 0.3) is 5.91 Å². The van der Waals surface area contributed by atoms with Crippen molar-refractivity contribution < 1.29 is 23.4 Å². The first kappa shape index (κ1) is 20.4. The zero-order valence-corrected chi connectivity index (χ0v) is 16.6. The predicted molar refractivity (Wildman–Crippen MR) is 106 cm³/mol. The van der Waals surface area contributed by atoms with Crippen LogP contribution < -0.4 is 10.0 Å². The number of anilines is 2. The number of carbonyl (C=O) groups excluding carboxylic acids is 1. The molecule has 0 aliphatic carbocycles. The van der Waals surface area contributed by atoms with Crippen molar-refractivity contribution in [2.45, 2.75) is 6.10 Å². The van der Waals surface area contributed by atoms with Crippen LogP contribution >= 0.6 is 22.9 Å². The number of pyridine rings is 2. The van der Waals surface area contributed by atoms with Gasteiger partial charge < -0.3 is 10.2 Å². The van der Waals surface area contributed by atoms with Gasteiger partial charge in [-0.3, -0.25) is 14.8 Å². The fourth-order valence-electron chi connectivity index (χ4n) is 2.16. The van der Waals surface area contributed by atoms with E-state index in [0.29, 0.717) is 21.6 Å². The number of nitrogens with one attached hydrogen (secondary N) is 2. The van der Waals surface area contributed by atoms with E-state index in [0.717, 1.165) is 17.6 Å². The van der Waals surface area contributed by atoms with Crippen molar-refractivity contribution in [1.82, 2.24) is 15.0 Å². The van der Waals surface area contributed by atoms with E-state index in [1.165, 1.54) is 12.3 Å². The number of rotatable bonds is 6. The molecular formula is C15H14ClN5O5S2. The predicted octanol–water partition coefficient (Wildman–Crippen LogP) is 1.07. The normalized spacial score (nSPS) is 12.7. The topological polar surface area (TPSA) is 154 Å². The molecule has 3 heterocycles. The van der Waals surface area contributed by atoms with Crippen LogP contribution in [0, 0.1) is 0 Å². The fraction of sp³-hybridized carbons (Fsp3) is 0.200. The first-order chi connectivity index (χ1) is 13.2. The van der Waals surface area contributed by atoms with Gasteiger partial charge in [0.15, 0.2) is 16.4 Å². The second kappa shape index (κ2) is 7.93. The Balaban J connectivity index is 1.92. The van der Waals surface area contributed by atoms with Crippen molar-refractivity contribution in [1.29, 1.82) is 0 Å². The third-order valence-electron chi connectivity index (χ3n) is 3.39. The number of carbonyl (C=O) groups is 1. The molecule has 0 aliphatic rings. The van der Waals surface area contributed by atoms with Gasteiger partial charge in [-0.25, -0.2) is 23.4 Å². The molecule has 13 heteroatoms. The van der Waals surface area contributed by atoms with E-state index in [2.05, 4.69) is 25.0 Å². The Hall–Kier alpha value is -2.38. The molecule has 0 aliphatic heterocycles. The van der Waals surface area contributed by atoms with E-state index in [9.17, 15) is 18.3 Å². The summed E-state index contributed by atoms with van der Waals surface area (Å²) in [7, 11) is -3.53. The highest BCUT2D eigenvalue weighted by Crippen LogP contribution is 2.30. The summed E-state index contributed by atoms with van der Waals surface area (Å²) in [6.07, 6.45) is 0.906. The third kappa shape index (κ3) is 4.72. The standard InChI is InChI=1S/C15H14ClN5O5S2/c1-28(25,26)21-10-4-7(5-17-12(10)16)8-2-3-9-14(18-8)27-15(19-9)20-13(24)11(23)6-22/h2-5,11,21-23H,6H2,1H3,(H,19,20,24)/t11-/m1/s1. The zero-order chi connectivity index (χ0) is 20.5. The highest BCUT2D eigenvalue weighted by Gasteiger charge is 2.17. The number of thiazole rings is 1. The molecule has 28 heavy (non-hydrogen) atoms. The van der Waals surface area contributed by atoms with E-state index < -0.39 is 28.6 Å². The minimum Gasteiger partial charge on any atom is -0.393 e. The Kier molecular flexibility index (Phi) is 5.76. The van der Waals surface area contributed by atoms with Crippen LogP contribution in [0.15, 0.2) is 24.4 Å². The average Bonchev–Trinajstić information content (AvgIpc) is 3.02. The van der Waals surface area contributed by atoms with Crippen molar-refractivity contribution in [3.63, 3.8) is 0 Å². The zero-order valence-electron chi connectivity index (χ0n) is 14.2. The number of fused-ring (bicyclic) bond motifs is 1. The van der Waals surface area contributed by atoms with E-state index in [1.807, 2.05) is 0 Å². The first-order valence-corrected chi connectivity index (χ1v) is 10.8. The molecule has 0 saturated carbocycles. The lowest BCUT2D eigenvalue weighted by Crippen LogP contribution is -2.30. The molecular weight excluding hydrogens is 430 g/mol. The second-order valence-electron chi connectivity index (χ2n) is 5.66. The van der Waals surface area contributed by atoms with Crippen LogP contribution in [0.3, 0.4) is 0 Å². The lowest BCUT2D eigenvalue weighted by molar-refractivity contribution is -0.125. The number of hydrogen-bond acceptors (Lipinski definition) is 9. The summed E-state index contributed by atoms with van der Waals surface area (Å²) in [5.74, 6) is -0.778. The molecule has 148 valence electrons. The number of sulfonamides is 1. The SMILES string of the molecule is CS(=O)(=O)Nc1cc(-c2ccc3nc(NC(=O)[C@H](O)CO)sc3n2)cnc1Cl. The van der Waals surface area contributed by atoms with Crippen LogP contribution in [0.4, 0.5) is 10.8 Å². The van der Waals surface area contributed by atoms with Gasteiger partial charge in [-0.2, -0.15) is 0 Å². The molecule has 1 amide bonds. The van der Waals surface area contributed by atoms with Gasteiger partial charge in [0.1, 0.15) is 10.3 Å². The van der Waals surface area contributed by atoms with Gasteiger partial charge in [0, 0.05) is 11.8 Å². The number of aliphatic hydroxyl groups excluding tert-OH is 2. The maximum absolute atomic E-state index is 11.6. The van der Waals surface area contributed by atoms with Crippen LogP contribution in [0.5, 0.6) is 0 Å². The summed E-state index contributed by atoms with van der Waals surface area (Å²) in [6, 6.07) is 4.84. The number of amides is 1. The van der Waals surface area contributed by atoms with Crippen molar-refractivity contribution in [2.24, 2.45) is 0 Å². The molecule has 0 fully saturated rings. The molecule has 0 bridgehead atoms. The molecule has 0 unspecified atom stereocenters. The van der Waals surface area contributed by atoms with Gasteiger partial charge in [0.05, 0.1) is 24.2 Å². The van der Waals surface area contributed by atoms with Gasteiger partial charge in [-0.05, 0) is 18.2 Å². The summed E-state index contributed by atoms with van der Waals surface area (Å²) in [5, 5.41) is 20.7. The number of aromatic nitrogens is 3. The fourth-order valence-corrected chi connectivity index (χ4v) is 3.77. The van der Waals surface area contributed by atoms with Gasteiger partial charge in [-0.15, -0.1) is 0 Å². The molecule has 3 aromatic heterocycles. The maximum atomic E-state index is 11.6. The van der Waals surface area contributed by atoms with E-state index >= 15 is 0 Å². The number of nitrogens with zero attached hydrogens (tertiary/aromatic N) is 3. The van der Waals surface area contributed by atoms with E-state index in [4.69, 9.17) is 16.7 Å². The molecule has 3 rings (SSSR count). The number of hydrogen-bond donors (Lipinski definition) is 4. The molecule has 0 aromatic carbocycles. The van der Waals surface area contributed by atoms with Crippen LogP contribution in [0.2, 0.25) is 5.15 Å². The Morgan fingerprint density at radius 1 is 1.36 bits per heavy atom. The van der Waals surface area contributed by atoms with Crippen molar-refractivity contribution in [2.75, 3.05) is 22.9 Å². The van der Waals surface area contributed by atoms with E-state index in [1.54, 1.807) is 12.1 Å². The maximum Gasteiger partial charge on any atom is 0.257 e. The lowest BCUT2D eigenvalue weighted by Gasteiger charge is -2.08. The Labute approximate surface area is 168 Å². The highest BCUT2D eigenvalue weighted by molar-refractivity contribution is 7.92. The van der Waals surface area contributed by atoms with Crippen molar-refractivity contribution >= 4 is 60.0 Å². The number of aliphatic hydroxyl groups is 2. The average molecular weight is 444 g/mol. The quantitative estimate of drug-likeness (QED) is 0.412. The van der Waals surface area contributed by atoms with Crippen LogP contribution in [-0.4, -0.2) is 58.5 Å². The molecule has 3 aromatic rings. The summed E-state index contributed by atoms with van der Waals surface area (Å²) < 4.78 is 25.2. The minimum absolute atomic E-state index is 0.000447. The van der Waals surface area contributed by atoms with Crippen LogP contribution in [0.25, 0.3) is 21.6 Å². The molecule has 0 saturated heterocycles.